The van der Waals surface area contributed by atoms with Crippen LogP contribution in [0.1, 0.15) is 25.0 Å². The second-order valence-electron chi connectivity index (χ2n) is 7.38. The summed E-state index contributed by atoms with van der Waals surface area (Å²) in [5.41, 5.74) is 11.6. The number of aromatic amines is 1. The van der Waals surface area contributed by atoms with Gasteiger partial charge in [0.1, 0.15) is 18.1 Å². The minimum absolute atomic E-state index is 0.101. The summed E-state index contributed by atoms with van der Waals surface area (Å²) >= 11 is 1.39. The number of aliphatic carboxylic acids is 1. The third-order valence-corrected chi connectivity index (χ3v) is 5.33. The van der Waals surface area contributed by atoms with Crippen molar-refractivity contribution < 1.29 is 34.2 Å². The van der Waals surface area contributed by atoms with E-state index in [1.807, 2.05) is 0 Å². The van der Waals surface area contributed by atoms with Crippen LogP contribution in [0.25, 0.3) is 0 Å². The molecule has 0 aromatic carbocycles. The van der Waals surface area contributed by atoms with Gasteiger partial charge in [-0.15, -0.1) is 0 Å². The fourth-order valence-corrected chi connectivity index (χ4v) is 3.26. The summed E-state index contributed by atoms with van der Waals surface area (Å²) in [6.07, 6.45) is 4.48. The molecule has 0 saturated carbocycles. The van der Waals surface area contributed by atoms with Gasteiger partial charge in [0.2, 0.25) is 23.6 Å². The Morgan fingerprint density at radius 1 is 1.06 bits per heavy atom. The normalized spacial score (nSPS) is 14.3. The highest BCUT2D eigenvalue weighted by atomic mass is 32.2. The van der Waals surface area contributed by atoms with E-state index in [-0.39, 0.29) is 25.7 Å². The highest BCUT2D eigenvalue weighted by Crippen LogP contribution is 2.04. The number of H-pyrrole nitrogens is 1. The molecule has 34 heavy (non-hydrogen) atoms. The fraction of sp³-hybridized carbons (Fsp3) is 0.579. The van der Waals surface area contributed by atoms with Crippen LogP contribution in [0, 0.1) is 0 Å². The summed E-state index contributed by atoms with van der Waals surface area (Å²) in [5.74, 6) is -4.01. The van der Waals surface area contributed by atoms with Crippen LogP contribution >= 0.6 is 11.8 Å². The lowest BCUT2D eigenvalue weighted by Crippen LogP contribution is -2.58. The minimum atomic E-state index is -1.49. The molecule has 1 aromatic heterocycles. The maximum Gasteiger partial charge on any atom is 0.326 e. The van der Waals surface area contributed by atoms with Gasteiger partial charge in [0.05, 0.1) is 19.0 Å². The van der Waals surface area contributed by atoms with Gasteiger partial charge in [-0.1, -0.05) is 0 Å². The molecule has 0 radical (unpaired) electrons. The summed E-state index contributed by atoms with van der Waals surface area (Å²) in [4.78, 5) is 66.8. The van der Waals surface area contributed by atoms with Crippen LogP contribution in [0.15, 0.2) is 12.5 Å². The topological polar surface area (TPSA) is 243 Å². The van der Waals surface area contributed by atoms with Gasteiger partial charge in [0, 0.05) is 24.7 Å². The van der Waals surface area contributed by atoms with E-state index >= 15 is 0 Å². The fourth-order valence-electron chi connectivity index (χ4n) is 2.79. The molecule has 1 aromatic rings. The molecule has 0 saturated heterocycles. The smallest absolute Gasteiger partial charge is 0.326 e. The molecule has 4 amide bonds. The van der Waals surface area contributed by atoms with Crippen molar-refractivity contribution in [1.82, 2.24) is 25.9 Å². The number of aromatic nitrogens is 2. The lowest BCUT2D eigenvalue weighted by atomic mass is 10.1. The van der Waals surface area contributed by atoms with Gasteiger partial charge in [-0.3, -0.25) is 19.2 Å². The van der Waals surface area contributed by atoms with Gasteiger partial charge in [0.25, 0.3) is 0 Å². The third-order valence-electron chi connectivity index (χ3n) is 4.68. The largest absolute Gasteiger partial charge is 0.480 e. The van der Waals surface area contributed by atoms with Crippen molar-refractivity contribution >= 4 is 41.4 Å². The number of nitrogens with one attached hydrogen (secondary N) is 4. The Kier molecular flexibility index (Phi) is 12.6. The Bertz CT molecular complexity index is 837. The second kappa shape index (κ2) is 14.9. The molecule has 14 nitrogen and oxygen atoms in total. The van der Waals surface area contributed by atoms with E-state index in [0.29, 0.717) is 11.4 Å². The SMILES string of the molecule is CSCCC(NC(=O)C(CO)NC(=O)C(CCC(N)=O)NC(=O)C(N)Cc1cnc[nH]1)C(=O)O. The number of hydrogen-bond acceptors (Lipinski definition) is 9. The Hall–Kier alpha value is -3.17. The van der Waals surface area contributed by atoms with Crippen molar-refractivity contribution in [1.29, 1.82) is 0 Å². The molecule has 4 atom stereocenters. The standard InChI is InChI=1S/C19H31N7O7S/c1-34-5-4-13(19(32)33)25-18(31)14(8-27)26-17(30)12(2-3-15(21)28)24-16(29)11(20)6-10-7-22-9-23-10/h7,9,11-14,27H,2-6,8,20H2,1H3,(H2,21,28)(H,22,23)(H,24,29)(H,25,31)(H,26,30)(H,32,33). The van der Waals surface area contributed by atoms with Crippen LogP contribution in [-0.4, -0.2) is 92.6 Å². The number of thioether (sulfide) groups is 1. The number of aliphatic hydroxyl groups excluding tert-OH is 1. The van der Waals surface area contributed by atoms with Crippen molar-refractivity contribution in [3.63, 3.8) is 0 Å². The van der Waals surface area contributed by atoms with Gasteiger partial charge in [-0.05, 0) is 24.9 Å². The molecule has 0 aliphatic carbocycles. The molecule has 190 valence electrons. The molecule has 1 rings (SSSR count). The molecule has 0 fully saturated rings. The van der Waals surface area contributed by atoms with Gasteiger partial charge >= 0.3 is 5.97 Å². The average molecular weight is 502 g/mol. The number of aliphatic hydroxyl groups is 1. The zero-order chi connectivity index (χ0) is 25.7. The summed E-state index contributed by atoms with van der Waals surface area (Å²) < 4.78 is 0. The molecule has 0 aliphatic heterocycles. The maximum atomic E-state index is 12.8. The first-order chi connectivity index (χ1) is 16.1. The van der Waals surface area contributed by atoms with E-state index in [1.165, 1.54) is 24.3 Å². The van der Waals surface area contributed by atoms with Crippen LogP contribution in [0.2, 0.25) is 0 Å². The molecule has 0 spiro atoms. The number of amides is 4. The number of carbonyl (C=O) groups is 5. The molecule has 0 bridgehead atoms. The summed E-state index contributed by atoms with van der Waals surface area (Å²) in [6, 6.07) is -5.04. The van der Waals surface area contributed by atoms with Crippen molar-refractivity contribution in [2.45, 2.75) is 49.9 Å². The first-order valence-corrected chi connectivity index (χ1v) is 11.7. The van der Waals surface area contributed by atoms with Crippen LogP contribution in [0.5, 0.6) is 0 Å². The molecule has 4 unspecified atom stereocenters. The maximum absolute atomic E-state index is 12.8. The number of rotatable bonds is 16. The number of carbonyl (C=O) groups excluding carboxylic acids is 4. The predicted molar refractivity (Wildman–Crippen MR) is 122 cm³/mol. The number of imidazole rings is 1. The highest BCUT2D eigenvalue weighted by molar-refractivity contribution is 7.98. The van der Waals surface area contributed by atoms with Crippen molar-refractivity contribution in [3.05, 3.63) is 18.2 Å². The summed E-state index contributed by atoms with van der Waals surface area (Å²) in [6.45, 7) is -0.831. The second-order valence-corrected chi connectivity index (χ2v) is 8.36. The quantitative estimate of drug-likeness (QED) is 0.113. The number of carboxylic acids is 1. The van der Waals surface area contributed by atoms with E-state index < -0.39 is 60.4 Å². The Balaban J connectivity index is 2.83. The molecule has 1 heterocycles. The summed E-state index contributed by atoms with van der Waals surface area (Å²) in [5, 5.41) is 25.8. The van der Waals surface area contributed by atoms with E-state index in [9.17, 15) is 34.2 Å². The van der Waals surface area contributed by atoms with Crippen LogP contribution in [-0.2, 0) is 30.4 Å². The van der Waals surface area contributed by atoms with Crippen molar-refractivity contribution in [3.8, 4) is 0 Å². The lowest BCUT2D eigenvalue weighted by Gasteiger charge is -2.24. The zero-order valence-corrected chi connectivity index (χ0v) is 19.5. The van der Waals surface area contributed by atoms with E-state index in [4.69, 9.17) is 11.5 Å². The van der Waals surface area contributed by atoms with E-state index in [0.717, 1.165) is 0 Å². The average Bonchev–Trinajstić information content (AvgIpc) is 3.29. The highest BCUT2D eigenvalue weighted by Gasteiger charge is 2.30. The number of carboxylic acid groups (broad SMARTS) is 1. The van der Waals surface area contributed by atoms with Gasteiger partial charge < -0.3 is 42.6 Å². The molecule has 0 aliphatic rings. The van der Waals surface area contributed by atoms with Crippen LogP contribution in [0.3, 0.4) is 0 Å². The molecular weight excluding hydrogens is 470 g/mol. The number of nitrogens with zero attached hydrogens (tertiary/aromatic N) is 1. The van der Waals surface area contributed by atoms with Crippen LogP contribution < -0.4 is 27.4 Å². The van der Waals surface area contributed by atoms with Gasteiger partial charge in [-0.25, -0.2) is 9.78 Å². The third kappa shape index (κ3) is 10.2. The van der Waals surface area contributed by atoms with Crippen molar-refractivity contribution in [2.24, 2.45) is 11.5 Å². The minimum Gasteiger partial charge on any atom is -0.480 e. The van der Waals surface area contributed by atoms with Crippen molar-refractivity contribution in [2.75, 3.05) is 18.6 Å². The summed E-state index contributed by atoms with van der Waals surface area (Å²) in [7, 11) is 0. The predicted octanol–water partition coefficient (Wildman–Crippen LogP) is -3.17. The Morgan fingerprint density at radius 3 is 2.21 bits per heavy atom. The van der Waals surface area contributed by atoms with Gasteiger partial charge in [0.15, 0.2) is 0 Å². The first kappa shape index (κ1) is 28.9. The zero-order valence-electron chi connectivity index (χ0n) is 18.7. The Labute approximate surface area is 200 Å². The lowest BCUT2D eigenvalue weighted by molar-refractivity contribution is -0.142. The number of hydrogen-bond donors (Lipinski definition) is 8. The number of nitrogens with two attached hydrogens (primary N) is 2. The first-order valence-electron chi connectivity index (χ1n) is 10.3. The van der Waals surface area contributed by atoms with Crippen LogP contribution in [0.4, 0.5) is 0 Å². The monoisotopic (exact) mass is 501 g/mol. The van der Waals surface area contributed by atoms with E-state index in [1.54, 1.807) is 6.26 Å². The number of primary amides is 1. The molecule has 10 N–H and O–H groups in total. The molecule has 15 heteroatoms. The van der Waals surface area contributed by atoms with E-state index in [2.05, 4.69) is 25.9 Å². The Morgan fingerprint density at radius 2 is 1.68 bits per heavy atom. The van der Waals surface area contributed by atoms with Gasteiger partial charge in [-0.2, -0.15) is 11.8 Å². The molecular formula is C19H31N7O7S.